The van der Waals surface area contributed by atoms with Crippen LogP contribution in [0.4, 0.5) is 15.8 Å². The Bertz CT molecular complexity index is 686. The van der Waals surface area contributed by atoms with Gasteiger partial charge in [-0.2, -0.15) is 0 Å². The highest BCUT2D eigenvalue weighted by Crippen LogP contribution is 2.13. The smallest absolute Gasteiger partial charge is 0.338 e. The number of hydrogen-bond acceptors (Lipinski definition) is 4. The lowest BCUT2D eigenvalue weighted by Crippen LogP contribution is -2.22. The first kappa shape index (κ1) is 16.5. The number of amides is 1. The van der Waals surface area contributed by atoms with Gasteiger partial charge in [-0.15, -0.1) is 0 Å². The molecule has 5 nitrogen and oxygen atoms in total. The van der Waals surface area contributed by atoms with E-state index in [0.29, 0.717) is 17.9 Å². The van der Waals surface area contributed by atoms with Crippen molar-refractivity contribution in [3.63, 3.8) is 0 Å². The van der Waals surface area contributed by atoms with Crippen LogP contribution in [0.5, 0.6) is 0 Å². The number of halogens is 1. The van der Waals surface area contributed by atoms with E-state index in [9.17, 15) is 14.0 Å². The molecule has 0 radical (unpaired) electrons. The first-order valence-electron chi connectivity index (χ1n) is 7.15. The van der Waals surface area contributed by atoms with Gasteiger partial charge in [-0.1, -0.05) is 12.1 Å². The molecule has 2 aromatic rings. The summed E-state index contributed by atoms with van der Waals surface area (Å²) in [5, 5.41) is 5.37. The molecule has 0 aliphatic rings. The molecule has 0 saturated carbocycles. The summed E-state index contributed by atoms with van der Waals surface area (Å²) in [5.74, 6) is -1.15. The number of anilines is 2. The Labute approximate surface area is 133 Å². The van der Waals surface area contributed by atoms with Crippen molar-refractivity contribution in [2.75, 3.05) is 23.8 Å². The monoisotopic (exact) mass is 316 g/mol. The maximum absolute atomic E-state index is 13.4. The first-order valence-corrected chi connectivity index (χ1v) is 7.15. The van der Waals surface area contributed by atoms with Crippen LogP contribution < -0.4 is 10.6 Å². The zero-order valence-electron chi connectivity index (χ0n) is 12.6. The maximum atomic E-state index is 13.4. The van der Waals surface area contributed by atoms with E-state index >= 15 is 0 Å². The fourth-order valence-corrected chi connectivity index (χ4v) is 1.89. The largest absolute Gasteiger partial charge is 0.462 e. The minimum Gasteiger partial charge on any atom is -0.462 e. The molecule has 1 amide bonds. The van der Waals surface area contributed by atoms with Gasteiger partial charge in [-0.25, -0.2) is 9.18 Å². The van der Waals surface area contributed by atoms with Crippen molar-refractivity contribution in [3.8, 4) is 0 Å². The van der Waals surface area contributed by atoms with E-state index in [1.54, 1.807) is 49.4 Å². The van der Waals surface area contributed by atoms with E-state index in [4.69, 9.17) is 4.74 Å². The van der Waals surface area contributed by atoms with Gasteiger partial charge in [0, 0.05) is 5.69 Å². The summed E-state index contributed by atoms with van der Waals surface area (Å²) < 4.78 is 18.3. The number of ether oxygens (including phenoxy) is 1. The second kappa shape index (κ2) is 7.93. The summed E-state index contributed by atoms with van der Waals surface area (Å²) in [6.45, 7) is 1.97. The van der Waals surface area contributed by atoms with Crippen molar-refractivity contribution in [3.05, 3.63) is 59.9 Å². The summed E-state index contributed by atoms with van der Waals surface area (Å²) in [6.07, 6.45) is 0. The fourth-order valence-electron chi connectivity index (χ4n) is 1.89. The van der Waals surface area contributed by atoms with Gasteiger partial charge in [-0.3, -0.25) is 4.79 Å². The van der Waals surface area contributed by atoms with Gasteiger partial charge >= 0.3 is 5.97 Å². The Balaban J connectivity index is 1.88. The lowest BCUT2D eigenvalue weighted by Gasteiger charge is -2.09. The molecule has 0 fully saturated rings. The molecule has 0 atom stereocenters. The second-order valence-corrected chi connectivity index (χ2v) is 4.68. The maximum Gasteiger partial charge on any atom is 0.338 e. The molecule has 0 unspecified atom stereocenters. The molecule has 0 saturated heterocycles. The predicted octanol–water partition coefficient (Wildman–Crippen LogP) is 3.05. The van der Waals surface area contributed by atoms with E-state index in [1.807, 2.05) is 0 Å². The minimum absolute atomic E-state index is 0.0689. The summed E-state index contributed by atoms with van der Waals surface area (Å²) in [4.78, 5) is 23.3. The summed E-state index contributed by atoms with van der Waals surface area (Å²) in [7, 11) is 0. The van der Waals surface area contributed by atoms with Gasteiger partial charge in [-0.05, 0) is 43.3 Å². The Morgan fingerprint density at radius 2 is 1.78 bits per heavy atom. The molecule has 0 heterocycles. The highest BCUT2D eigenvalue weighted by Gasteiger charge is 2.08. The van der Waals surface area contributed by atoms with Gasteiger partial charge in [0.1, 0.15) is 5.82 Å². The molecule has 2 N–H and O–H groups in total. The zero-order valence-corrected chi connectivity index (χ0v) is 12.6. The molecule has 0 aliphatic heterocycles. The van der Waals surface area contributed by atoms with Gasteiger partial charge in [0.2, 0.25) is 5.91 Å². The third-order valence-corrected chi connectivity index (χ3v) is 2.99. The van der Waals surface area contributed by atoms with Gasteiger partial charge in [0.05, 0.1) is 24.4 Å². The number of carbonyl (C=O) groups excluding carboxylic acids is 2. The lowest BCUT2D eigenvalue weighted by atomic mass is 10.2. The molecule has 2 rings (SSSR count). The van der Waals surface area contributed by atoms with Gasteiger partial charge in [0.15, 0.2) is 0 Å². The van der Waals surface area contributed by atoms with E-state index in [-0.39, 0.29) is 18.1 Å². The van der Waals surface area contributed by atoms with Crippen LogP contribution >= 0.6 is 0 Å². The summed E-state index contributed by atoms with van der Waals surface area (Å²) in [5.41, 5.74) is 1.22. The Kier molecular flexibility index (Phi) is 5.68. The third kappa shape index (κ3) is 4.81. The van der Waals surface area contributed by atoms with Crippen molar-refractivity contribution in [1.29, 1.82) is 0 Å². The highest BCUT2D eigenvalue weighted by molar-refractivity contribution is 5.95. The Hall–Kier alpha value is -2.89. The molecule has 0 aliphatic carbocycles. The predicted molar refractivity (Wildman–Crippen MR) is 85.9 cm³/mol. The Morgan fingerprint density at radius 1 is 1.09 bits per heavy atom. The van der Waals surface area contributed by atoms with Crippen LogP contribution in [-0.4, -0.2) is 25.0 Å². The average molecular weight is 316 g/mol. The molecule has 6 heteroatoms. The topological polar surface area (TPSA) is 67.4 Å². The summed E-state index contributed by atoms with van der Waals surface area (Å²) in [6, 6.07) is 12.5. The number of para-hydroxylation sites is 1. The van der Waals surface area contributed by atoms with E-state index in [1.165, 1.54) is 6.07 Å². The molecule has 2 aromatic carbocycles. The van der Waals surface area contributed by atoms with Crippen molar-refractivity contribution < 1.29 is 18.7 Å². The van der Waals surface area contributed by atoms with Crippen LogP contribution in [0.2, 0.25) is 0 Å². The van der Waals surface area contributed by atoms with E-state index < -0.39 is 11.8 Å². The van der Waals surface area contributed by atoms with Crippen LogP contribution in [0.1, 0.15) is 17.3 Å². The van der Waals surface area contributed by atoms with Gasteiger partial charge in [0.25, 0.3) is 0 Å². The zero-order chi connectivity index (χ0) is 16.7. The molecular formula is C17H17FN2O3. The number of nitrogens with one attached hydrogen (secondary N) is 2. The molecule has 0 aromatic heterocycles. The van der Waals surface area contributed by atoms with Crippen LogP contribution in [0.3, 0.4) is 0 Å². The van der Waals surface area contributed by atoms with Crippen molar-refractivity contribution in [1.82, 2.24) is 0 Å². The van der Waals surface area contributed by atoms with Crippen molar-refractivity contribution in [2.24, 2.45) is 0 Å². The fraction of sp³-hybridized carbons (Fsp3) is 0.176. The number of esters is 1. The summed E-state index contributed by atoms with van der Waals surface area (Å²) >= 11 is 0. The second-order valence-electron chi connectivity index (χ2n) is 4.68. The van der Waals surface area contributed by atoms with Crippen LogP contribution in [0, 0.1) is 5.82 Å². The average Bonchev–Trinajstić information content (AvgIpc) is 2.55. The number of hydrogen-bond donors (Lipinski definition) is 2. The van der Waals surface area contributed by atoms with Crippen LogP contribution in [0.25, 0.3) is 0 Å². The lowest BCUT2D eigenvalue weighted by molar-refractivity contribution is -0.114. The van der Waals surface area contributed by atoms with E-state index in [0.717, 1.165) is 0 Å². The van der Waals surface area contributed by atoms with Crippen LogP contribution in [0.15, 0.2) is 48.5 Å². The van der Waals surface area contributed by atoms with Gasteiger partial charge < -0.3 is 15.4 Å². The molecule has 23 heavy (non-hydrogen) atoms. The quantitative estimate of drug-likeness (QED) is 0.804. The minimum atomic E-state index is -0.418. The molecular weight excluding hydrogens is 299 g/mol. The SMILES string of the molecule is CCOC(=O)c1ccc(NC(=O)CNc2ccccc2F)cc1. The first-order chi connectivity index (χ1) is 11.1. The highest BCUT2D eigenvalue weighted by atomic mass is 19.1. The number of benzene rings is 2. The van der Waals surface area contributed by atoms with Crippen molar-refractivity contribution in [2.45, 2.75) is 6.92 Å². The Morgan fingerprint density at radius 3 is 2.43 bits per heavy atom. The molecule has 0 bridgehead atoms. The third-order valence-electron chi connectivity index (χ3n) is 2.99. The van der Waals surface area contributed by atoms with Crippen LogP contribution in [-0.2, 0) is 9.53 Å². The normalized spacial score (nSPS) is 10.0. The molecule has 0 spiro atoms. The van der Waals surface area contributed by atoms with Crippen molar-refractivity contribution >= 4 is 23.3 Å². The molecule has 120 valence electrons. The standard InChI is InChI=1S/C17H17FN2O3/c1-2-23-17(22)12-7-9-13(10-8-12)20-16(21)11-19-15-6-4-3-5-14(15)18/h3-10,19H,2,11H2,1H3,(H,20,21). The van der Waals surface area contributed by atoms with E-state index in [2.05, 4.69) is 10.6 Å². The number of carbonyl (C=O) groups is 2. The number of rotatable bonds is 6.